The minimum Gasteiger partial charge on any atom is -0.376 e. The van der Waals surface area contributed by atoms with Crippen LogP contribution >= 0.6 is 0 Å². The Bertz CT molecular complexity index is 851. The number of fused-ring (bicyclic) bond motifs is 1. The average Bonchev–Trinajstić information content (AvgIpc) is 3.29. The number of aromatic nitrogens is 2. The van der Waals surface area contributed by atoms with Gasteiger partial charge in [0.2, 0.25) is 0 Å². The van der Waals surface area contributed by atoms with E-state index in [1.807, 2.05) is 59.3 Å². The van der Waals surface area contributed by atoms with Crippen LogP contribution in [0, 0.1) is 0 Å². The molecule has 24 heavy (non-hydrogen) atoms. The molecule has 1 saturated heterocycles. The number of hydrogen-bond acceptors (Lipinski definition) is 3. The third-order valence-corrected chi connectivity index (χ3v) is 4.31. The van der Waals surface area contributed by atoms with Crippen LogP contribution in [0.5, 0.6) is 0 Å². The predicted molar refractivity (Wildman–Crippen MR) is 91.9 cm³/mol. The van der Waals surface area contributed by atoms with E-state index in [1.54, 1.807) is 0 Å². The molecule has 1 unspecified atom stereocenters. The summed E-state index contributed by atoms with van der Waals surface area (Å²) in [6.07, 6.45) is 6.07. The van der Waals surface area contributed by atoms with Crippen molar-refractivity contribution < 1.29 is 9.53 Å². The standard InChI is InChI=1S/C19H19N3O2/c23-19(20-12-16-7-4-10-24-16)15-8-9-22-13-17(21-18(22)11-15)14-5-2-1-3-6-14/h1-3,5-6,8-9,11,13,16H,4,7,10,12H2,(H,20,23). The Kier molecular flexibility index (Phi) is 4.01. The number of nitrogens with one attached hydrogen (secondary N) is 1. The zero-order valence-corrected chi connectivity index (χ0v) is 13.3. The number of hydrogen-bond donors (Lipinski definition) is 1. The summed E-state index contributed by atoms with van der Waals surface area (Å²) in [7, 11) is 0. The van der Waals surface area contributed by atoms with E-state index in [4.69, 9.17) is 4.74 Å². The number of ether oxygens (including phenoxy) is 1. The lowest BCUT2D eigenvalue weighted by molar-refractivity contribution is 0.0858. The SMILES string of the molecule is O=C(NCC1CCCO1)c1ccn2cc(-c3ccccc3)nc2c1. The molecule has 1 amide bonds. The van der Waals surface area contributed by atoms with Gasteiger partial charge in [-0.2, -0.15) is 0 Å². The molecule has 1 aliphatic heterocycles. The van der Waals surface area contributed by atoms with Crippen molar-refractivity contribution in [3.05, 3.63) is 60.4 Å². The molecule has 1 aliphatic rings. The number of nitrogens with zero attached hydrogens (tertiary/aromatic N) is 2. The lowest BCUT2D eigenvalue weighted by Gasteiger charge is -2.10. The molecular weight excluding hydrogens is 302 g/mol. The second-order valence-electron chi connectivity index (χ2n) is 6.02. The van der Waals surface area contributed by atoms with Crippen LogP contribution in [0.1, 0.15) is 23.2 Å². The van der Waals surface area contributed by atoms with Gasteiger partial charge in [0.15, 0.2) is 0 Å². The van der Waals surface area contributed by atoms with Crippen LogP contribution in [-0.4, -0.2) is 34.5 Å². The van der Waals surface area contributed by atoms with Gasteiger partial charge in [0.25, 0.3) is 5.91 Å². The zero-order chi connectivity index (χ0) is 16.4. The van der Waals surface area contributed by atoms with E-state index in [-0.39, 0.29) is 12.0 Å². The van der Waals surface area contributed by atoms with Gasteiger partial charge in [0, 0.05) is 36.7 Å². The third kappa shape index (κ3) is 3.03. The zero-order valence-electron chi connectivity index (χ0n) is 13.3. The van der Waals surface area contributed by atoms with Gasteiger partial charge in [-0.15, -0.1) is 0 Å². The highest BCUT2D eigenvalue weighted by atomic mass is 16.5. The maximum atomic E-state index is 12.3. The summed E-state index contributed by atoms with van der Waals surface area (Å²) in [5, 5.41) is 2.94. The van der Waals surface area contributed by atoms with E-state index in [1.165, 1.54) is 0 Å². The summed E-state index contributed by atoms with van der Waals surface area (Å²) in [5.41, 5.74) is 3.34. The van der Waals surface area contributed by atoms with E-state index < -0.39 is 0 Å². The molecule has 1 N–H and O–H groups in total. The van der Waals surface area contributed by atoms with Crippen LogP contribution in [-0.2, 0) is 4.74 Å². The molecule has 4 rings (SSSR count). The van der Waals surface area contributed by atoms with E-state index in [0.29, 0.717) is 12.1 Å². The van der Waals surface area contributed by atoms with Crippen molar-refractivity contribution in [1.29, 1.82) is 0 Å². The van der Waals surface area contributed by atoms with Crippen molar-refractivity contribution in [2.45, 2.75) is 18.9 Å². The molecule has 0 aliphatic carbocycles. The maximum Gasteiger partial charge on any atom is 0.251 e. The lowest BCUT2D eigenvalue weighted by Crippen LogP contribution is -2.31. The van der Waals surface area contributed by atoms with E-state index >= 15 is 0 Å². The monoisotopic (exact) mass is 321 g/mol. The summed E-state index contributed by atoms with van der Waals surface area (Å²) in [6, 6.07) is 13.6. The van der Waals surface area contributed by atoms with Crippen LogP contribution in [0.25, 0.3) is 16.9 Å². The molecule has 5 heteroatoms. The van der Waals surface area contributed by atoms with Crippen LogP contribution < -0.4 is 5.32 Å². The first-order valence-electron chi connectivity index (χ1n) is 8.23. The van der Waals surface area contributed by atoms with Crippen molar-refractivity contribution in [3.8, 4) is 11.3 Å². The Morgan fingerprint density at radius 1 is 1.29 bits per heavy atom. The van der Waals surface area contributed by atoms with Crippen LogP contribution in [0.3, 0.4) is 0 Å². The fourth-order valence-corrected chi connectivity index (χ4v) is 2.99. The quantitative estimate of drug-likeness (QED) is 0.804. The minimum atomic E-state index is -0.0859. The van der Waals surface area contributed by atoms with Crippen molar-refractivity contribution in [2.75, 3.05) is 13.2 Å². The van der Waals surface area contributed by atoms with Crippen LogP contribution in [0.15, 0.2) is 54.9 Å². The van der Waals surface area contributed by atoms with E-state index in [9.17, 15) is 4.79 Å². The van der Waals surface area contributed by atoms with Crippen LogP contribution in [0.4, 0.5) is 0 Å². The fourth-order valence-electron chi connectivity index (χ4n) is 2.99. The average molecular weight is 321 g/mol. The smallest absolute Gasteiger partial charge is 0.251 e. The summed E-state index contributed by atoms with van der Waals surface area (Å²) >= 11 is 0. The van der Waals surface area contributed by atoms with Crippen molar-refractivity contribution in [1.82, 2.24) is 14.7 Å². The fraction of sp³-hybridized carbons (Fsp3) is 0.263. The van der Waals surface area contributed by atoms with Gasteiger partial charge in [-0.25, -0.2) is 4.98 Å². The first-order chi connectivity index (χ1) is 11.8. The molecule has 2 aromatic heterocycles. The number of amides is 1. The van der Waals surface area contributed by atoms with Crippen LogP contribution in [0.2, 0.25) is 0 Å². The highest BCUT2D eigenvalue weighted by Crippen LogP contribution is 2.19. The largest absolute Gasteiger partial charge is 0.376 e. The van der Waals surface area contributed by atoms with Crippen molar-refractivity contribution >= 4 is 11.6 Å². The Hall–Kier alpha value is -2.66. The normalized spacial score (nSPS) is 17.2. The molecule has 1 atom stereocenters. The molecule has 1 fully saturated rings. The van der Waals surface area contributed by atoms with Gasteiger partial charge in [-0.3, -0.25) is 4.79 Å². The molecule has 1 aromatic carbocycles. The molecular formula is C19H19N3O2. The number of pyridine rings is 1. The van der Waals surface area contributed by atoms with Crippen molar-refractivity contribution in [3.63, 3.8) is 0 Å². The highest BCUT2D eigenvalue weighted by Gasteiger charge is 2.17. The van der Waals surface area contributed by atoms with Gasteiger partial charge >= 0.3 is 0 Å². The van der Waals surface area contributed by atoms with Gasteiger partial charge in [-0.05, 0) is 25.0 Å². The summed E-state index contributed by atoms with van der Waals surface area (Å²) in [4.78, 5) is 16.9. The molecule has 0 spiro atoms. The first-order valence-corrected chi connectivity index (χ1v) is 8.23. The van der Waals surface area contributed by atoms with Gasteiger partial charge in [-0.1, -0.05) is 30.3 Å². The Morgan fingerprint density at radius 3 is 2.96 bits per heavy atom. The summed E-state index contributed by atoms with van der Waals surface area (Å²) in [6.45, 7) is 1.36. The number of carbonyl (C=O) groups is 1. The summed E-state index contributed by atoms with van der Waals surface area (Å²) < 4.78 is 7.46. The minimum absolute atomic E-state index is 0.0859. The maximum absolute atomic E-state index is 12.3. The first kappa shape index (κ1) is 14.9. The molecule has 0 radical (unpaired) electrons. The number of rotatable bonds is 4. The number of carbonyl (C=O) groups excluding carboxylic acids is 1. The molecule has 3 aromatic rings. The Morgan fingerprint density at radius 2 is 2.17 bits per heavy atom. The predicted octanol–water partition coefficient (Wildman–Crippen LogP) is 2.91. The van der Waals surface area contributed by atoms with Gasteiger partial charge in [0.1, 0.15) is 5.65 Å². The summed E-state index contributed by atoms with van der Waals surface area (Å²) in [5.74, 6) is -0.0859. The second-order valence-corrected chi connectivity index (χ2v) is 6.02. The lowest BCUT2D eigenvalue weighted by atomic mass is 10.2. The molecule has 0 bridgehead atoms. The Balaban J connectivity index is 1.53. The molecule has 5 nitrogen and oxygen atoms in total. The molecule has 122 valence electrons. The van der Waals surface area contributed by atoms with Crippen molar-refractivity contribution in [2.24, 2.45) is 0 Å². The number of benzene rings is 1. The highest BCUT2D eigenvalue weighted by molar-refractivity contribution is 5.95. The topological polar surface area (TPSA) is 55.6 Å². The molecule has 3 heterocycles. The van der Waals surface area contributed by atoms with E-state index in [0.717, 1.165) is 36.4 Å². The molecule has 0 saturated carbocycles. The number of imidazole rings is 1. The van der Waals surface area contributed by atoms with Gasteiger partial charge < -0.3 is 14.5 Å². The van der Waals surface area contributed by atoms with E-state index in [2.05, 4.69) is 10.3 Å². The van der Waals surface area contributed by atoms with Gasteiger partial charge in [0.05, 0.1) is 11.8 Å². The third-order valence-electron chi connectivity index (χ3n) is 4.31. The second kappa shape index (κ2) is 6.45. The Labute approximate surface area is 140 Å².